The van der Waals surface area contributed by atoms with Gasteiger partial charge in [0.2, 0.25) is 0 Å². The molecule has 2 aromatic heterocycles. The lowest BCUT2D eigenvalue weighted by molar-refractivity contribution is 0.0690. The Morgan fingerprint density at radius 1 is 0.892 bits per heavy atom. The molecule has 3 aromatic carbocycles. The number of hydrogen-bond donors (Lipinski definition) is 1. The van der Waals surface area contributed by atoms with E-state index in [9.17, 15) is 18.3 Å². The summed E-state index contributed by atoms with van der Waals surface area (Å²) in [6.07, 6.45) is 2.48. The molecule has 1 N–H and O–H groups in total. The molecule has 0 spiro atoms. The number of carboxylic acids is 1. The summed E-state index contributed by atoms with van der Waals surface area (Å²) in [5, 5.41) is 10.3. The fourth-order valence-corrected chi connectivity index (χ4v) is 6.48. The summed E-state index contributed by atoms with van der Waals surface area (Å²) in [4.78, 5) is 16.1. The van der Waals surface area contributed by atoms with Crippen molar-refractivity contribution in [2.24, 2.45) is 0 Å². The van der Waals surface area contributed by atoms with Crippen LogP contribution < -0.4 is 0 Å². The number of aromatic nitrogens is 2. The van der Waals surface area contributed by atoms with Crippen LogP contribution in [0.15, 0.2) is 102 Å². The minimum absolute atomic E-state index is 0.0459. The molecule has 1 fully saturated rings. The molecule has 6 nitrogen and oxygen atoms in total. The largest absolute Gasteiger partial charge is 0.477 e. The van der Waals surface area contributed by atoms with Crippen LogP contribution in [0.4, 0.5) is 0 Å². The lowest BCUT2D eigenvalue weighted by Crippen LogP contribution is -2.14. The molecule has 1 aliphatic carbocycles. The minimum atomic E-state index is -3.96. The SMILES string of the molecule is O=C(O)c1cccc(Cc2c(-c3ccccc3)n(S(=O)(=O)c3ccccc3)c3cc(C4CC4)ccc23)n1. The number of pyridine rings is 1. The molecule has 7 heteroatoms. The number of rotatable bonds is 7. The van der Waals surface area contributed by atoms with Crippen LogP contribution in [-0.4, -0.2) is 28.5 Å². The smallest absolute Gasteiger partial charge is 0.354 e. The van der Waals surface area contributed by atoms with Gasteiger partial charge in [-0.15, -0.1) is 0 Å². The maximum Gasteiger partial charge on any atom is 0.354 e. The highest BCUT2D eigenvalue weighted by atomic mass is 32.2. The van der Waals surface area contributed by atoms with Gasteiger partial charge in [-0.3, -0.25) is 0 Å². The Balaban J connectivity index is 1.68. The number of benzene rings is 3. The van der Waals surface area contributed by atoms with E-state index in [0.717, 1.165) is 34.9 Å². The van der Waals surface area contributed by atoms with E-state index in [-0.39, 0.29) is 17.0 Å². The third-order valence-corrected chi connectivity index (χ3v) is 8.54. The third kappa shape index (κ3) is 4.21. The van der Waals surface area contributed by atoms with Crippen LogP contribution in [0.3, 0.4) is 0 Å². The average Bonchev–Trinajstić information content (AvgIpc) is 3.72. The van der Waals surface area contributed by atoms with Crippen LogP contribution >= 0.6 is 0 Å². The van der Waals surface area contributed by atoms with Crippen LogP contribution in [0, 0.1) is 0 Å². The Bertz CT molecular complexity index is 1740. The number of carbonyl (C=O) groups is 1. The molecule has 0 radical (unpaired) electrons. The van der Waals surface area contributed by atoms with Gasteiger partial charge in [-0.05, 0) is 65.8 Å². The first kappa shape index (κ1) is 23.2. The van der Waals surface area contributed by atoms with Crippen LogP contribution in [0.1, 0.15) is 46.1 Å². The monoisotopic (exact) mass is 508 g/mol. The van der Waals surface area contributed by atoms with E-state index in [1.165, 1.54) is 10.0 Å². The van der Waals surface area contributed by atoms with Gasteiger partial charge in [-0.25, -0.2) is 22.2 Å². The van der Waals surface area contributed by atoms with Crippen LogP contribution in [0.5, 0.6) is 0 Å². The quantitative estimate of drug-likeness (QED) is 0.287. The van der Waals surface area contributed by atoms with E-state index >= 15 is 0 Å². The van der Waals surface area contributed by atoms with Crippen molar-refractivity contribution in [1.82, 2.24) is 8.96 Å². The lowest BCUT2D eigenvalue weighted by atomic mass is 9.99. The van der Waals surface area contributed by atoms with Gasteiger partial charge in [0, 0.05) is 17.5 Å². The predicted molar refractivity (Wildman–Crippen MR) is 142 cm³/mol. The van der Waals surface area contributed by atoms with Gasteiger partial charge in [0.25, 0.3) is 10.0 Å². The molecule has 1 saturated carbocycles. The number of aromatic carboxylic acids is 1. The van der Waals surface area contributed by atoms with Crippen LogP contribution in [0.2, 0.25) is 0 Å². The molecular formula is C30H24N2O4S. The Hall–Kier alpha value is -4.23. The molecule has 0 aliphatic heterocycles. The summed E-state index contributed by atoms with van der Waals surface area (Å²) < 4.78 is 29.9. The normalized spacial score (nSPS) is 13.6. The zero-order valence-corrected chi connectivity index (χ0v) is 20.7. The number of fused-ring (bicyclic) bond motifs is 1. The summed E-state index contributed by atoms with van der Waals surface area (Å²) in [6, 6.07) is 28.9. The zero-order valence-electron chi connectivity index (χ0n) is 19.9. The van der Waals surface area contributed by atoms with Gasteiger partial charge in [-0.2, -0.15) is 0 Å². The second kappa shape index (κ2) is 9.01. The predicted octanol–water partition coefficient (Wildman–Crippen LogP) is 6.11. The lowest BCUT2D eigenvalue weighted by Gasteiger charge is -2.14. The van der Waals surface area contributed by atoms with E-state index < -0.39 is 16.0 Å². The van der Waals surface area contributed by atoms with Crippen molar-refractivity contribution < 1.29 is 18.3 Å². The van der Waals surface area contributed by atoms with Gasteiger partial charge < -0.3 is 5.11 Å². The number of nitrogens with zero attached hydrogens (tertiary/aromatic N) is 2. The highest BCUT2D eigenvalue weighted by molar-refractivity contribution is 7.90. The highest BCUT2D eigenvalue weighted by Crippen LogP contribution is 2.44. The molecule has 0 saturated heterocycles. The fourth-order valence-electron chi connectivity index (χ4n) is 4.91. The molecule has 1 aliphatic rings. The zero-order chi connectivity index (χ0) is 25.6. The molecule has 2 heterocycles. The topological polar surface area (TPSA) is 89.3 Å². The van der Waals surface area contributed by atoms with Crippen molar-refractivity contribution in [3.63, 3.8) is 0 Å². The van der Waals surface area contributed by atoms with Crippen LogP contribution in [-0.2, 0) is 16.4 Å². The molecular weight excluding hydrogens is 484 g/mol. The van der Waals surface area contributed by atoms with Gasteiger partial charge in [-0.1, -0.05) is 66.7 Å². The molecule has 0 bridgehead atoms. The first-order valence-corrected chi connectivity index (χ1v) is 13.6. The van der Waals surface area contributed by atoms with E-state index in [1.807, 2.05) is 42.5 Å². The molecule has 0 atom stereocenters. The second-order valence-electron chi connectivity index (χ2n) is 9.32. The summed E-state index contributed by atoms with van der Waals surface area (Å²) in [7, 11) is -3.96. The molecule has 37 heavy (non-hydrogen) atoms. The van der Waals surface area contributed by atoms with Crippen molar-refractivity contribution in [3.8, 4) is 11.3 Å². The standard InChI is InChI=1S/C30H24N2O4S/c33-30(34)27-13-7-10-23(31-27)19-26-25-17-16-22(20-14-15-20)18-28(25)32(29(26)21-8-3-1-4-9-21)37(35,36)24-11-5-2-6-12-24/h1-13,16-18,20H,14-15,19H2,(H,33,34). The fraction of sp³-hybridized carbons (Fsp3) is 0.133. The first-order valence-electron chi connectivity index (χ1n) is 12.2. The Morgan fingerprint density at radius 2 is 1.59 bits per heavy atom. The first-order chi connectivity index (χ1) is 17.9. The average molecular weight is 509 g/mol. The Labute approximate surface area is 214 Å². The molecule has 184 valence electrons. The van der Waals surface area contributed by atoms with Gasteiger partial charge in [0.15, 0.2) is 0 Å². The van der Waals surface area contributed by atoms with Gasteiger partial charge in [0.05, 0.1) is 16.1 Å². The Morgan fingerprint density at radius 3 is 2.27 bits per heavy atom. The maximum atomic E-state index is 14.2. The number of hydrogen-bond acceptors (Lipinski definition) is 4. The summed E-state index contributed by atoms with van der Waals surface area (Å²) >= 11 is 0. The second-order valence-corrected chi connectivity index (χ2v) is 11.1. The maximum absolute atomic E-state index is 14.2. The minimum Gasteiger partial charge on any atom is -0.477 e. The van der Waals surface area contributed by atoms with E-state index in [0.29, 0.717) is 22.8 Å². The van der Waals surface area contributed by atoms with Gasteiger partial charge >= 0.3 is 5.97 Å². The van der Waals surface area contributed by atoms with Crippen molar-refractivity contribution in [2.75, 3.05) is 0 Å². The molecule has 0 amide bonds. The Kier molecular flexibility index (Phi) is 5.65. The van der Waals surface area contributed by atoms with Crippen molar-refractivity contribution >= 4 is 26.9 Å². The highest BCUT2D eigenvalue weighted by Gasteiger charge is 2.30. The summed E-state index contributed by atoms with van der Waals surface area (Å²) in [5.74, 6) is -0.655. The van der Waals surface area contributed by atoms with Crippen molar-refractivity contribution in [2.45, 2.75) is 30.1 Å². The van der Waals surface area contributed by atoms with Crippen LogP contribution in [0.25, 0.3) is 22.2 Å². The van der Waals surface area contributed by atoms with Crippen molar-refractivity contribution in [1.29, 1.82) is 0 Å². The molecule has 0 unspecified atom stereocenters. The van der Waals surface area contributed by atoms with Crippen molar-refractivity contribution in [3.05, 3.63) is 120 Å². The van der Waals surface area contributed by atoms with E-state index in [1.54, 1.807) is 42.5 Å². The third-order valence-electron chi connectivity index (χ3n) is 6.82. The van der Waals surface area contributed by atoms with E-state index in [4.69, 9.17) is 0 Å². The molecule has 6 rings (SSSR count). The molecule has 5 aromatic rings. The number of carboxylic acid groups (broad SMARTS) is 1. The summed E-state index contributed by atoms with van der Waals surface area (Å²) in [5.41, 5.74) is 4.38. The summed E-state index contributed by atoms with van der Waals surface area (Å²) in [6.45, 7) is 0. The van der Waals surface area contributed by atoms with E-state index in [2.05, 4.69) is 11.1 Å². The van der Waals surface area contributed by atoms with Gasteiger partial charge in [0.1, 0.15) is 5.69 Å².